The molecule has 1 aromatic carbocycles. The number of nitrogens with zero attached hydrogens (tertiary/aromatic N) is 3. The van der Waals surface area contributed by atoms with E-state index in [9.17, 15) is 18.5 Å². The van der Waals surface area contributed by atoms with Crippen molar-refractivity contribution in [2.75, 3.05) is 37.7 Å². The van der Waals surface area contributed by atoms with Crippen molar-refractivity contribution < 1.29 is 18.1 Å². The summed E-state index contributed by atoms with van der Waals surface area (Å²) in [7, 11) is -3.71. The van der Waals surface area contributed by atoms with Crippen molar-refractivity contribution in [2.45, 2.75) is 56.4 Å². The zero-order chi connectivity index (χ0) is 20.1. The Labute approximate surface area is 166 Å². The first kappa shape index (κ1) is 21.0. The van der Waals surface area contributed by atoms with Crippen LogP contribution in [0.4, 0.5) is 11.4 Å². The van der Waals surface area contributed by atoms with E-state index in [-0.39, 0.29) is 16.7 Å². The van der Waals surface area contributed by atoms with Crippen LogP contribution in [0, 0.1) is 10.1 Å². The Morgan fingerprint density at radius 2 is 1.75 bits per heavy atom. The molecule has 0 saturated carbocycles. The number of nitro benzene ring substituents is 1. The monoisotopic (exact) mass is 411 g/mol. The van der Waals surface area contributed by atoms with Crippen molar-refractivity contribution in [3.05, 3.63) is 28.3 Å². The third-order valence-electron chi connectivity index (χ3n) is 5.53. The van der Waals surface area contributed by atoms with Crippen LogP contribution in [0.1, 0.15) is 45.4 Å². The maximum absolute atomic E-state index is 13.0. The Balaban J connectivity index is 1.84. The van der Waals surface area contributed by atoms with Gasteiger partial charge in [0.2, 0.25) is 10.0 Å². The van der Waals surface area contributed by atoms with Crippen molar-refractivity contribution in [3.63, 3.8) is 0 Å². The fourth-order valence-electron chi connectivity index (χ4n) is 4.01. The summed E-state index contributed by atoms with van der Waals surface area (Å²) >= 11 is 0. The Morgan fingerprint density at radius 3 is 2.32 bits per heavy atom. The van der Waals surface area contributed by atoms with E-state index in [1.165, 1.54) is 16.4 Å². The fraction of sp³-hybridized carbons (Fsp3) is 0.684. The first-order chi connectivity index (χ1) is 13.4. The number of sulfonamides is 1. The van der Waals surface area contributed by atoms with Gasteiger partial charge in [0, 0.05) is 38.9 Å². The molecular formula is C19H29N3O5S. The van der Waals surface area contributed by atoms with Crippen LogP contribution in [0.2, 0.25) is 0 Å². The molecule has 2 saturated heterocycles. The standard InChI is InChI=1S/C19H29N3O5S/c1-2-27-16-9-13-20(14-10-16)18-8-7-17(15-19(18)22(23)24)28(25,26)21-11-5-3-4-6-12-21/h7-8,15-16H,2-6,9-14H2,1H3. The van der Waals surface area contributed by atoms with E-state index >= 15 is 0 Å². The minimum Gasteiger partial charge on any atom is -0.378 e. The number of hydrogen-bond acceptors (Lipinski definition) is 6. The molecule has 2 aliphatic rings. The Morgan fingerprint density at radius 1 is 1.11 bits per heavy atom. The molecule has 3 rings (SSSR count). The average Bonchev–Trinajstić information content (AvgIpc) is 2.98. The fourth-order valence-corrected chi connectivity index (χ4v) is 5.55. The number of hydrogen-bond donors (Lipinski definition) is 0. The van der Waals surface area contributed by atoms with E-state index < -0.39 is 14.9 Å². The molecule has 8 nitrogen and oxygen atoms in total. The molecule has 0 aromatic heterocycles. The lowest BCUT2D eigenvalue weighted by Gasteiger charge is -2.33. The van der Waals surface area contributed by atoms with Crippen LogP contribution < -0.4 is 4.90 Å². The second kappa shape index (κ2) is 9.19. The van der Waals surface area contributed by atoms with Gasteiger partial charge in [-0.1, -0.05) is 12.8 Å². The minimum atomic E-state index is -3.71. The van der Waals surface area contributed by atoms with Gasteiger partial charge in [-0.15, -0.1) is 0 Å². The highest BCUT2D eigenvalue weighted by atomic mass is 32.2. The maximum Gasteiger partial charge on any atom is 0.293 e. The van der Waals surface area contributed by atoms with Crippen LogP contribution in [0.15, 0.2) is 23.1 Å². The van der Waals surface area contributed by atoms with E-state index in [0.717, 1.165) is 38.5 Å². The summed E-state index contributed by atoms with van der Waals surface area (Å²) in [4.78, 5) is 13.2. The second-order valence-corrected chi connectivity index (χ2v) is 9.31. The Bertz CT molecular complexity index is 783. The lowest BCUT2D eigenvalue weighted by Crippen LogP contribution is -2.37. The number of nitro groups is 1. The number of benzene rings is 1. The molecule has 9 heteroatoms. The Hall–Kier alpha value is -1.71. The van der Waals surface area contributed by atoms with E-state index in [2.05, 4.69) is 0 Å². The van der Waals surface area contributed by atoms with Gasteiger partial charge in [0.25, 0.3) is 5.69 Å². The van der Waals surface area contributed by atoms with E-state index in [4.69, 9.17) is 4.74 Å². The molecule has 0 aliphatic carbocycles. The predicted molar refractivity (Wildman–Crippen MR) is 107 cm³/mol. The first-order valence-electron chi connectivity index (χ1n) is 10.1. The topological polar surface area (TPSA) is 93.0 Å². The molecule has 2 fully saturated rings. The summed E-state index contributed by atoms with van der Waals surface area (Å²) in [5.74, 6) is 0. The van der Waals surface area contributed by atoms with Crippen molar-refractivity contribution >= 4 is 21.4 Å². The molecule has 2 heterocycles. The molecule has 156 valence electrons. The minimum absolute atomic E-state index is 0.00838. The van der Waals surface area contributed by atoms with Crippen molar-refractivity contribution in [2.24, 2.45) is 0 Å². The van der Waals surface area contributed by atoms with Gasteiger partial charge in [-0.25, -0.2) is 8.42 Å². The molecule has 0 unspecified atom stereocenters. The van der Waals surface area contributed by atoms with Crippen LogP contribution in [0.5, 0.6) is 0 Å². The second-order valence-electron chi connectivity index (χ2n) is 7.37. The van der Waals surface area contributed by atoms with Gasteiger partial charge in [0.05, 0.1) is 15.9 Å². The molecule has 0 atom stereocenters. The number of anilines is 1. The molecule has 0 radical (unpaired) electrons. The van der Waals surface area contributed by atoms with E-state index in [1.807, 2.05) is 11.8 Å². The first-order valence-corrected chi connectivity index (χ1v) is 11.5. The summed E-state index contributed by atoms with van der Waals surface area (Å²) in [6.07, 6.45) is 5.48. The summed E-state index contributed by atoms with van der Waals surface area (Å²) in [5, 5.41) is 11.7. The zero-order valence-corrected chi connectivity index (χ0v) is 17.2. The highest BCUT2D eigenvalue weighted by Gasteiger charge is 2.30. The van der Waals surface area contributed by atoms with Gasteiger partial charge < -0.3 is 9.64 Å². The number of rotatable bonds is 6. The summed E-state index contributed by atoms with van der Waals surface area (Å²) in [6, 6.07) is 4.32. The summed E-state index contributed by atoms with van der Waals surface area (Å²) in [6.45, 7) is 4.88. The molecule has 0 amide bonds. The molecule has 28 heavy (non-hydrogen) atoms. The molecule has 0 bridgehead atoms. The van der Waals surface area contributed by atoms with Gasteiger partial charge >= 0.3 is 0 Å². The highest BCUT2D eigenvalue weighted by molar-refractivity contribution is 7.89. The predicted octanol–water partition coefficient (Wildman–Crippen LogP) is 3.16. The maximum atomic E-state index is 13.0. The smallest absolute Gasteiger partial charge is 0.293 e. The summed E-state index contributed by atoms with van der Waals surface area (Å²) in [5.41, 5.74) is 0.334. The van der Waals surface area contributed by atoms with Crippen molar-refractivity contribution in [1.82, 2.24) is 4.31 Å². The Kier molecular flexibility index (Phi) is 6.90. The van der Waals surface area contributed by atoms with Gasteiger partial charge in [0.1, 0.15) is 5.69 Å². The van der Waals surface area contributed by atoms with Crippen LogP contribution in [0.3, 0.4) is 0 Å². The molecule has 2 aliphatic heterocycles. The van der Waals surface area contributed by atoms with E-state index in [0.29, 0.717) is 38.5 Å². The average molecular weight is 412 g/mol. The van der Waals surface area contributed by atoms with Crippen LogP contribution in [0.25, 0.3) is 0 Å². The number of ether oxygens (including phenoxy) is 1. The largest absolute Gasteiger partial charge is 0.378 e. The third-order valence-corrected chi connectivity index (χ3v) is 7.43. The molecular weight excluding hydrogens is 382 g/mol. The quantitative estimate of drug-likeness (QED) is 0.527. The highest BCUT2D eigenvalue weighted by Crippen LogP contribution is 2.34. The molecule has 0 spiro atoms. The van der Waals surface area contributed by atoms with Crippen LogP contribution in [-0.4, -0.2) is 56.5 Å². The normalized spacial score (nSPS) is 20.1. The van der Waals surface area contributed by atoms with Gasteiger partial charge in [-0.3, -0.25) is 10.1 Å². The molecule has 1 aromatic rings. The summed E-state index contributed by atoms with van der Waals surface area (Å²) < 4.78 is 33.1. The molecule has 0 N–H and O–H groups in total. The van der Waals surface area contributed by atoms with Crippen molar-refractivity contribution in [3.8, 4) is 0 Å². The van der Waals surface area contributed by atoms with E-state index in [1.54, 1.807) is 6.07 Å². The van der Waals surface area contributed by atoms with Crippen LogP contribution >= 0.6 is 0 Å². The lowest BCUT2D eigenvalue weighted by atomic mass is 10.1. The van der Waals surface area contributed by atoms with Crippen molar-refractivity contribution in [1.29, 1.82) is 0 Å². The zero-order valence-electron chi connectivity index (χ0n) is 16.4. The number of piperidine rings is 1. The van der Waals surface area contributed by atoms with Gasteiger partial charge in [0.15, 0.2) is 0 Å². The lowest BCUT2D eigenvalue weighted by molar-refractivity contribution is -0.384. The SMILES string of the molecule is CCOC1CCN(c2ccc(S(=O)(=O)N3CCCCCC3)cc2[N+](=O)[O-])CC1. The van der Waals surface area contributed by atoms with Gasteiger partial charge in [-0.2, -0.15) is 4.31 Å². The van der Waals surface area contributed by atoms with Gasteiger partial charge in [-0.05, 0) is 44.7 Å². The van der Waals surface area contributed by atoms with Crippen LogP contribution in [-0.2, 0) is 14.8 Å². The third kappa shape index (κ3) is 4.64.